The lowest BCUT2D eigenvalue weighted by Crippen LogP contribution is -2.20. The lowest BCUT2D eigenvalue weighted by molar-refractivity contribution is -0.127. The Morgan fingerprint density at radius 3 is 2.33 bits per heavy atom. The van der Waals surface area contributed by atoms with Crippen molar-refractivity contribution in [1.82, 2.24) is 0 Å². The van der Waals surface area contributed by atoms with Gasteiger partial charge in [-0.25, -0.2) is 0 Å². The van der Waals surface area contributed by atoms with E-state index in [9.17, 15) is 9.90 Å². The number of aliphatic hydroxyl groups is 1. The van der Waals surface area contributed by atoms with Crippen LogP contribution in [0, 0.1) is 0 Å². The van der Waals surface area contributed by atoms with Crippen LogP contribution < -0.4 is 0 Å². The number of rotatable bonds is 0. The fourth-order valence-electron chi connectivity index (χ4n) is 1.67. The minimum Gasteiger partial charge on any atom is -0.385 e. The summed E-state index contributed by atoms with van der Waals surface area (Å²) in [6, 6.07) is 0. The molecule has 0 spiro atoms. The van der Waals surface area contributed by atoms with E-state index in [1.54, 1.807) is 0 Å². The lowest BCUT2D eigenvalue weighted by atomic mass is 9.98. The van der Waals surface area contributed by atoms with Crippen LogP contribution in [0.15, 0.2) is 0 Å². The number of aliphatic hydroxyl groups excluding tert-OH is 1. The van der Waals surface area contributed by atoms with Gasteiger partial charge in [0.2, 0.25) is 0 Å². The molecule has 0 aromatic rings. The minimum atomic E-state index is -0.664. The van der Waals surface area contributed by atoms with Crippen molar-refractivity contribution in [2.75, 3.05) is 0 Å². The maximum atomic E-state index is 11.2. The molecule has 1 N–H and O–H groups in total. The number of carbonyl (C=O) groups excluding carboxylic acids is 1. The molecule has 0 bridgehead atoms. The van der Waals surface area contributed by atoms with Crippen molar-refractivity contribution in [2.45, 2.75) is 57.5 Å². The standard InChI is InChI=1S/C10H18O2/c11-9-7-5-3-1-2-4-6-8-10(9)12/h9,11H,1-8H2/t9-/m1/s1. The highest BCUT2D eigenvalue weighted by Gasteiger charge is 2.14. The van der Waals surface area contributed by atoms with Gasteiger partial charge in [-0.3, -0.25) is 4.79 Å². The molecule has 2 nitrogen and oxygen atoms in total. The molecule has 1 aliphatic carbocycles. The highest BCUT2D eigenvalue weighted by molar-refractivity contribution is 5.82. The van der Waals surface area contributed by atoms with Crippen LogP contribution in [0.25, 0.3) is 0 Å². The highest BCUT2D eigenvalue weighted by atomic mass is 16.3. The Balaban J connectivity index is 2.31. The zero-order chi connectivity index (χ0) is 8.81. The van der Waals surface area contributed by atoms with Gasteiger partial charge in [-0.05, 0) is 12.8 Å². The molecule has 0 heterocycles. The van der Waals surface area contributed by atoms with Crippen LogP contribution in [0.4, 0.5) is 0 Å². The molecule has 0 saturated heterocycles. The largest absolute Gasteiger partial charge is 0.385 e. The van der Waals surface area contributed by atoms with Crippen LogP contribution >= 0.6 is 0 Å². The fourth-order valence-corrected chi connectivity index (χ4v) is 1.67. The van der Waals surface area contributed by atoms with Crippen LogP contribution in [-0.2, 0) is 4.79 Å². The fraction of sp³-hybridized carbons (Fsp3) is 0.900. The van der Waals surface area contributed by atoms with E-state index in [0.717, 1.165) is 19.3 Å². The molecule has 1 atom stereocenters. The summed E-state index contributed by atoms with van der Waals surface area (Å²) in [6.45, 7) is 0. The van der Waals surface area contributed by atoms with Crippen LogP contribution in [-0.4, -0.2) is 17.0 Å². The molecule has 1 saturated carbocycles. The Morgan fingerprint density at radius 1 is 1.00 bits per heavy atom. The molecule has 0 aliphatic heterocycles. The van der Waals surface area contributed by atoms with E-state index in [0.29, 0.717) is 12.8 Å². The molecular formula is C10H18O2. The average molecular weight is 170 g/mol. The predicted molar refractivity (Wildman–Crippen MR) is 47.9 cm³/mol. The summed E-state index contributed by atoms with van der Waals surface area (Å²) in [7, 11) is 0. The smallest absolute Gasteiger partial charge is 0.161 e. The van der Waals surface area contributed by atoms with Crippen molar-refractivity contribution in [3.63, 3.8) is 0 Å². The summed E-state index contributed by atoms with van der Waals surface area (Å²) in [4.78, 5) is 11.2. The normalized spacial score (nSPS) is 28.4. The van der Waals surface area contributed by atoms with E-state index < -0.39 is 6.10 Å². The molecule has 0 aromatic carbocycles. The minimum absolute atomic E-state index is 0.0527. The maximum Gasteiger partial charge on any atom is 0.161 e. The number of hydrogen-bond donors (Lipinski definition) is 1. The van der Waals surface area contributed by atoms with Crippen LogP contribution in [0.3, 0.4) is 0 Å². The third-order valence-corrected chi connectivity index (χ3v) is 2.52. The first kappa shape index (κ1) is 9.72. The Hall–Kier alpha value is -0.370. The third kappa shape index (κ3) is 3.35. The first-order chi connectivity index (χ1) is 5.80. The summed E-state index contributed by atoms with van der Waals surface area (Å²) in [6.07, 6.45) is 7.42. The van der Waals surface area contributed by atoms with Gasteiger partial charge in [0.15, 0.2) is 5.78 Å². The van der Waals surface area contributed by atoms with Crippen LogP contribution in [0.2, 0.25) is 0 Å². The number of carbonyl (C=O) groups is 1. The Morgan fingerprint density at radius 2 is 1.58 bits per heavy atom. The van der Waals surface area contributed by atoms with Crippen LogP contribution in [0.1, 0.15) is 51.4 Å². The van der Waals surface area contributed by atoms with Crippen molar-refractivity contribution in [3.8, 4) is 0 Å². The van der Waals surface area contributed by atoms with Crippen molar-refractivity contribution in [3.05, 3.63) is 0 Å². The van der Waals surface area contributed by atoms with E-state index >= 15 is 0 Å². The van der Waals surface area contributed by atoms with E-state index in [1.165, 1.54) is 19.3 Å². The van der Waals surface area contributed by atoms with Gasteiger partial charge >= 0.3 is 0 Å². The van der Waals surface area contributed by atoms with Gasteiger partial charge in [-0.2, -0.15) is 0 Å². The highest BCUT2D eigenvalue weighted by Crippen LogP contribution is 2.14. The lowest BCUT2D eigenvalue weighted by Gasteiger charge is -2.11. The van der Waals surface area contributed by atoms with Gasteiger partial charge in [0, 0.05) is 6.42 Å². The summed E-state index contributed by atoms with van der Waals surface area (Å²) >= 11 is 0. The zero-order valence-corrected chi connectivity index (χ0v) is 7.59. The van der Waals surface area contributed by atoms with Crippen molar-refractivity contribution >= 4 is 5.78 Å². The molecule has 70 valence electrons. The molecule has 0 amide bonds. The monoisotopic (exact) mass is 170 g/mol. The van der Waals surface area contributed by atoms with E-state index in [-0.39, 0.29) is 5.78 Å². The topological polar surface area (TPSA) is 37.3 Å². The van der Waals surface area contributed by atoms with E-state index in [4.69, 9.17) is 0 Å². The molecule has 0 radical (unpaired) electrons. The molecule has 0 aromatic heterocycles. The summed E-state index contributed by atoms with van der Waals surface area (Å²) in [5.41, 5.74) is 0. The zero-order valence-electron chi connectivity index (χ0n) is 7.59. The number of Topliss-reactive ketones (excluding diaryl/α,β-unsaturated/α-hetero) is 1. The molecule has 1 rings (SSSR count). The van der Waals surface area contributed by atoms with Crippen molar-refractivity contribution in [1.29, 1.82) is 0 Å². The SMILES string of the molecule is O=C1CCCCCCCC[C@H]1O. The Bertz CT molecular complexity index is 143. The maximum absolute atomic E-state index is 11.2. The quantitative estimate of drug-likeness (QED) is 0.604. The number of hydrogen-bond acceptors (Lipinski definition) is 2. The second-order valence-corrected chi connectivity index (χ2v) is 3.64. The van der Waals surface area contributed by atoms with Gasteiger partial charge in [-0.15, -0.1) is 0 Å². The molecule has 12 heavy (non-hydrogen) atoms. The predicted octanol–water partition coefficient (Wildman–Crippen LogP) is 2.05. The third-order valence-electron chi connectivity index (χ3n) is 2.52. The summed E-state index contributed by atoms with van der Waals surface area (Å²) in [5.74, 6) is 0.0527. The number of ketones is 1. The Kier molecular flexibility index (Phi) is 4.30. The summed E-state index contributed by atoms with van der Waals surface area (Å²) in [5, 5.41) is 9.35. The van der Waals surface area contributed by atoms with Gasteiger partial charge in [0.05, 0.1) is 0 Å². The first-order valence-corrected chi connectivity index (χ1v) is 5.01. The van der Waals surface area contributed by atoms with E-state index in [2.05, 4.69) is 0 Å². The molecule has 0 unspecified atom stereocenters. The van der Waals surface area contributed by atoms with E-state index in [1.807, 2.05) is 0 Å². The van der Waals surface area contributed by atoms with Crippen molar-refractivity contribution < 1.29 is 9.90 Å². The molecular weight excluding hydrogens is 152 g/mol. The molecule has 2 heteroatoms. The second kappa shape index (κ2) is 5.31. The van der Waals surface area contributed by atoms with Gasteiger partial charge < -0.3 is 5.11 Å². The second-order valence-electron chi connectivity index (χ2n) is 3.64. The van der Waals surface area contributed by atoms with Crippen LogP contribution in [0.5, 0.6) is 0 Å². The average Bonchev–Trinajstić information content (AvgIpc) is 2.08. The first-order valence-electron chi connectivity index (χ1n) is 5.01. The van der Waals surface area contributed by atoms with Gasteiger partial charge in [0.25, 0.3) is 0 Å². The van der Waals surface area contributed by atoms with Gasteiger partial charge in [-0.1, -0.05) is 32.1 Å². The van der Waals surface area contributed by atoms with Crippen molar-refractivity contribution in [2.24, 2.45) is 0 Å². The summed E-state index contributed by atoms with van der Waals surface area (Å²) < 4.78 is 0. The molecule has 1 fully saturated rings. The Labute approximate surface area is 74.0 Å². The molecule has 1 aliphatic rings. The van der Waals surface area contributed by atoms with Gasteiger partial charge in [0.1, 0.15) is 6.10 Å².